The van der Waals surface area contributed by atoms with E-state index in [0.717, 1.165) is 0 Å². The lowest BCUT2D eigenvalue weighted by Gasteiger charge is -2.38. The van der Waals surface area contributed by atoms with Crippen LogP contribution in [-0.4, -0.2) is 38.5 Å². The number of aromatic nitrogens is 2. The van der Waals surface area contributed by atoms with Gasteiger partial charge >= 0.3 is 6.18 Å². The summed E-state index contributed by atoms with van der Waals surface area (Å²) in [6.07, 6.45) is 4.94. The molecule has 0 bridgehead atoms. The zero-order chi connectivity index (χ0) is 23.4. The van der Waals surface area contributed by atoms with Crippen LogP contribution in [0.25, 0.3) is 16.6 Å². The van der Waals surface area contributed by atoms with Crippen molar-refractivity contribution in [2.45, 2.75) is 17.8 Å². The molecule has 0 saturated heterocycles. The number of halogens is 5. The van der Waals surface area contributed by atoms with Crippen LogP contribution in [-0.2, 0) is 5.60 Å². The second-order valence-corrected chi connectivity index (χ2v) is 8.57. The van der Waals surface area contributed by atoms with Crippen molar-refractivity contribution in [1.29, 1.82) is 0 Å². The number of benzene rings is 2. The SMILES string of the molecule is OC(CN1C=CC2C(Cl)=CC=CC21)(c1ccc2c(cnn2-c2ccc(F)cc2)c1)C(F)(F)F. The molecular weight excluding hydrogens is 458 g/mol. The van der Waals surface area contributed by atoms with Crippen LogP contribution in [0, 0.1) is 11.7 Å². The Hall–Kier alpha value is -3.10. The van der Waals surface area contributed by atoms with E-state index in [1.165, 1.54) is 58.2 Å². The number of β-amino-alcohol motifs (C(OH)–C–C–N with tert-alkyl or cyclic N) is 1. The van der Waals surface area contributed by atoms with Gasteiger partial charge in [-0.15, -0.1) is 0 Å². The van der Waals surface area contributed by atoms with Crippen molar-refractivity contribution in [3.63, 3.8) is 0 Å². The second kappa shape index (κ2) is 7.74. The highest BCUT2D eigenvalue weighted by atomic mass is 35.5. The van der Waals surface area contributed by atoms with Gasteiger partial charge < -0.3 is 10.0 Å². The largest absolute Gasteiger partial charge is 0.423 e. The molecule has 170 valence electrons. The van der Waals surface area contributed by atoms with E-state index in [0.29, 0.717) is 21.6 Å². The van der Waals surface area contributed by atoms with Gasteiger partial charge in [0.15, 0.2) is 0 Å². The molecule has 3 atom stereocenters. The molecule has 9 heteroatoms. The zero-order valence-electron chi connectivity index (χ0n) is 17.0. The number of fused-ring (bicyclic) bond motifs is 2. The third-order valence-electron chi connectivity index (χ3n) is 6.12. The van der Waals surface area contributed by atoms with Gasteiger partial charge in [-0.1, -0.05) is 35.9 Å². The van der Waals surface area contributed by atoms with Crippen LogP contribution in [0.4, 0.5) is 17.6 Å². The molecule has 2 aromatic carbocycles. The summed E-state index contributed by atoms with van der Waals surface area (Å²) in [6.45, 7) is -0.694. The third kappa shape index (κ3) is 3.63. The number of nitrogens with zero attached hydrogens (tertiary/aromatic N) is 3. The molecule has 1 aliphatic heterocycles. The van der Waals surface area contributed by atoms with E-state index in [1.807, 2.05) is 0 Å². The topological polar surface area (TPSA) is 41.3 Å². The molecule has 0 saturated carbocycles. The van der Waals surface area contributed by atoms with Gasteiger partial charge in [0.2, 0.25) is 5.60 Å². The molecule has 1 aromatic heterocycles. The number of rotatable bonds is 4. The minimum Gasteiger partial charge on any atom is -0.375 e. The molecule has 1 N–H and O–H groups in total. The quantitative estimate of drug-likeness (QED) is 0.512. The van der Waals surface area contributed by atoms with Crippen LogP contribution >= 0.6 is 11.6 Å². The fraction of sp³-hybridized carbons (Fsp3) is 0.208. The van der Waals surface area contributed by atoms with Gasteiger partial charge in [0, 0.05) is 16.3 Å². The number of alkyl halides is 3. The first-order valence-corrected chi connectivity index (χ1v) is 10.6. The number of aliphatic hydroxyl groups is 1. The maximum atomic E-state index is 14.2. The highest BCUT2D eigenvalue weighted by Crippen LogP contribution is 2.43. The fourth-order valence-corrected chi connectivity index (χ4v) is 4.60. The van der Waals surface area contributed by atoms with Crippen LogP contribution in [0.1, 0.15) is 5.56 Å². The summed E-state index contributed by atoms with van der Waals surface area (Å²) in [4.78, 5) is 1.45. The lowest BCUT2D eigenvalue weighted by Crippen LogP contribution is -2.51. The Bertz CT molecular complexity index is 1300. The molecule has 2 aliphatic rings. The molecule has 33 heavy (non-hydrogen) atoms. The Balaban J connectivity index is 1.51. The van der Waals surface area contributed by atoms with Gasteiger partial charge in [0.25, 0.3) is 0 Å². The average molecular weight is 476 g/mol. The molecule has 3 unspecified atom stereocenters. The average Bonchev–Trinajstić information content (AvgIpc) is 3.38. The van der Waals surface area contributed by atoms with Gasteiger partial charge in [-0.05, 0) is 54.2 Å². The molecule has 5 rings (SSSR count). The zero-order valence-corrected chi connectivity index (χ0v) is 17.8. The van der Waals surface area contributed by atoms with Gasteiger partial charge in [0.1, 0.15) is 5.82 Å². The Morgan fingerprint density at radius 3 is 2.55 bits per heavy atom. The highest BCUT2D eigenvalue weighted by molar-refractivity contribution is 6.30. The van der Waals surface area contributed by atoms with Crippen molar-refractivity contribution in [2.75, 3.05) is 6.54 Å². The van der Waals surface area contributed by atoms with E-state index in [9.17, 15) is 22.7 Å². The van der Waals surface area contributed by atoms with Crippen LogP contribution in [0.15, 0.2) is 84.2 Å². The summed E-state index contributed by atoms with van der Waals surface area (Å²) in [7, 11) is 0. The lowest BCUT2D eigenvalue weighted by atomic mass is 9.90. The maximum Gasteiger partial charge on any atom is 0.423 e. The van der Waals surface area contributed by atoms with Crippen LogP contribution < -0.4 is 0 Å². The van der Waals surface area contributed by atoms with Gasteiger partial charge in [0.05, 0.1) is 30.0 Å². The standard InChI is InChI=1S/C24H18ClF4N3O/c25-20-2-1-3-22-19(20)10-11-31(22)14-23(33,24(27,28)29)16-4-9-21-15(12-16)13-30-32(21)18-7-5-17(26)6-8-18/h1-13,19,22,33H,14H2. The van der Waals surface area contributed by atoms with E-state index in [-0.39, 0.29) is 11.5 Å². The van der Waals surface area contributed by atoms with E-state index >= 15 is 0 Å². The van der Waals surface area contributed by atoms with E-state index < -0.39 is 30.2 Å². The monoisotopic (exact) mass is 475 g/mol. The molecule has 0 radical (unpaired) electrons. The highest BCUT2D eigenvalue weighted by Gasteiger charge is 2.56. The predicted octanol–water partition coefficient (Wildman–Crippen LogP) is 5.42. The van der Waals surface area contributed by atoms with Crippen molar-refractivity contribution >= 4 is 22.5 Å². The van der Waals surface area contributed by atoms with Crippen molar-refractivity contribution in [3.05, 3.63) is 95.6 Å². The van der Waals surface area contributed by atoms with Gasteiger partial charge in [-0.3, -0.25) is 0 Å². The van der Waals surface area contributed by atoms with Crippen LogP contribution in [0.2, 0.25) is 0 Å². The molecule has 0 fully saturated rings. The van der Waals surface area contributed by atoms with Gasteiger partial charge in [-0.2, -0.15) is 18.3 Å². The minimum absolute atomic E-state index is 0.245. The Morgan fingerprint density at radius 1 is 1.06 bits per heavy atom. The summed E-state index contributed by atoms with van der Waals surface area (Å²) in [5.74, 6) is -0.652. The van der Waals surface area contributed by atoms with E-state index in [2.05, 4.69) is 5.10 Å². The normalized spacial score (nSPS) is 21.9. The smallest absolute Gasteiger partial charge is 0.375 e. The van der Waals surface area contributed by atoms with E-state index in [1.54, 1.807) is 30.5 Å². The van der Waals surface area contributed by atoms with Crippen molar-refractivity contribution in [1.82, 2.24) is 14.7 Å². The number of allylic oxidation sites excluding steroid dienone is 2. The molecule has 2 heterocycles. The lowest BCUT2D eigenvalue weighted by molar-refractivity contribution is -0.270. The Morgan fingerprint density at radius 2 is 1.82 bits per heavy atom. The third-order valence-corrected chi connectivity index (χ3v) is 6.49. The van der Waals surface area contributed by atoms with Crippen molar-refractivity contribution in [2.24, 2.45) is 5.92 Å². The number of hydrogen-bond donors (Lipinski definition) is 1. The molecule has 0 amide bonds. The molecular formula is C24H18ClF4N3O. The first-order chi connectivity index (χ1) is 15.7. The maximum absolute atomic E-state index is 14.2. The summed E-state index contributed by atoms with van der Waals surface area (Å²) >= 11 is 6.21. The second-order valence-electron chi connectivity index (χ2n) is 8.13. The van der Waals surface area contributed by atoms with Crippen LogP contribution in [0.5, 0.6) is 0 Å². The first-order valence-electron chi connectivity index (χ1n) is 10.2. The summed E-state index contributed by atoms with van der Waals surface area (Å²) in [5, 5.41) is 16.2. The van der Waals surface area contributed by atoms with E-state index in [4.69, 9.17) is 11.6 Å². The van der Waals surface area contributed by atoms with Crippen LogP contribution in [0.3, 0.4) is 0 Å². The summed E-state index contributed by atoms with van der Waals surface area (Å²) < 4.78 is 57.5. The number of hydrogen-bond acceptors (Lipinski definition) is 3. The minimum atomic E-state index is -4.93. The van der Waals surface area contributed by atoms with Crippen molar-refractivity contribution in [3.8, 4) is 5.69 Å². The molecule has 1 aliphatic carbocycles. The molecule has 4 nitrogen and oxygen atoms in total. The summed E-state index contributed by atoms with van der Waals surface area (Å²) in [5.41, 5.74) is -2.32. The first kappa shape index (κ1) is 21.7. The Kier molecular flexibility index (Phi) is 5.10. The fourth-order valence-electron chi connectivity index (χ4n) is 4.33. The molecule has 0 spiro atoms. The molecule has 3 aromatic rings. The van der Waals surface area contributed by atoms with Gasteiger partial charge in [-0.25, -0.2) is 9.07 Å². The summed E-state index contributed by atoms with van der Waals surface area (Å²) in [6, 6.07) is 9.20. The predicted molar refractivity (Wildman–Crippen MR) is 117 cm³/mol. The van der Waals surface area contributed by atoms with Crippen molar-refractivity contribution < 1.29 is 22.7 Å². The Labute approximate surface area is 191 Å².